The second-order valence-electron chi connectivity index (χ2n) is 15.7. The Morgan fingerprint density at radius 1 is 0.365 bits per heavy atom. The molecule has 8 atom stereocenters. The van der Waals surface area contributed by atoms with Crippen LogP contribution >= 0.6 is 0 Å². The number of aliphatic hydroxyl groups is 3. The first-order chi connectivity index (χ1) is 29.9. The fourth-order valence-electron chi connectivity index (χ4n) is 8.94. The van der Waals surface area contributed by atoms with Gasteiger partial charge in [-0.2, -0.15) is 0 Å². The zero-order chi connectivity index (χ0) is 44.9. The normalized spacial score (nSPS) is 23.6. The van der Waals surface area contributed by atoms with Crippen molar-refractivity contribution < 1.29 is 90.8 Å². The van der Waals surface area contributed by atoms with Crippen LogP contribution in [0, 0.1) is 0 Å². The highest BCUT2D eigenvalue weighted by Gasteiger charge is 2.51. The van der Waals surface area contributed by atoms with Crippen LogP contribution in [-0.2, 0) is 6.42 Å². The Labute approximate surface area is 354 Å². The van der Waals surface area contributed by atoms with Crippen molar-refractivity contribution in [2.75, 3.05) is 0 Å². The molecule has 0 spiro atoms. The highest BCUT2D eigenvalue weighted by molar-refractivity contribution is 5.70. The van der Waals surface area contributed by atoms with E-state index in [1.807, 2.05) is 0 Å². The smallest absolute Gasteiger partial charge is 0.157 e. The first kappa shape index (κ1) is 40.6. The summed E-state index contributed by atoms with van der Waals surface area (Å²) in [5, 5.41) is 166. The molecule has 3 aliphatic rings. The lowest BCUT2D eigenvalue weighted by Crippen LogP contribution is -2.39. The van der Waals surface area contributed by atoms with Crippen LogP contribution in [0.1, 0.15) is 74.7 Å². The molecule has 0 radical (unpaired) electrons. The zero-order valence-corrected chi connectivity index (χ0v) is 32.3. The van der Waals surface area contributed by atoms with E-state index in [0.29, 0.717) is 0 Å². The second kappa shape index (κ2) is 14.7. The average molecular weight is 867 g/mol. The van der Waals surface area contributed by atoms with Crippen molar-refractivity contribution in [1.82, 2.24) is 0 Å². The van der Waals surface area contributed by atoms with Crippen LogP contribution in [0.25, 0.3) is 0 Å². The van der Waals surface area contributed by atoms with Gasteiger partial charge >= 0.3 is 0 Å². The molecule has 18 heteroatoms. The van der Waals surface area contributed by atoms with Gasteiger partial charge in [-0.1, -0.05) is 18.2 Å². The van der Waals surface area contributed by atoms with E-state index in [0.717, 1.165) is 60.7 Å². The number of fused-ring (bicyclic) bond motifs is 3. The van der Waals surface area contributed by atoms with Crippen LogP contribution in [0.3, 0.4) is 0 Å². The van der Waals surface area contributed by atoms with Gasteiger partial charge < -0.3 is 90.8 Å². The Balaban J connectivity index is 1.31. The van der Waals surface area contributed by atoms with Gasteiger partial charge in [-0.05, 0) is 53.1 Å². The fraction of sp³-hybridized carbons (Fsp3) is 0.200. The standard InChI is InChI=1S/C45H38O18/c46-18-10-27(54)33-32(11-18)61-42(16-2-5-21(48)25(52)8-16)39(59)37(33)35-29(56)14-30(57)36-38(40(60)43(63-45(35)36)17-3-6-22(49)26(53)9-17)34-28(55)13-23(50)19-12-31(58)41(62-44(19)34)15-1-4-20(47)24(51)7-15/h1-11,13-14,31,37-43,46-60H,12H2/t31-,37-,38-,39-,40+,41-,42-,43-/m1/s1. The summed E-state index contributed by atoms with van der Waals surface area (Å²) < 4.78 is 18.9. The Bertz CT molecular complexity index is 2840. The summed E-state index contributed by atoms with van der Waals surface area (Å²) >= 11 is 0. The zero-order valence-electron chi connectivity index (χ0n) is 32.3. The van der Waals surface area contributed by atoms with Crippen LogP contribution in [-0.4, -0.2) is 94.9 Å². The van der Waals surface area contributed by atoms with E-state index < -0.39 is 123 Å². The third kappa shape index (κ3) is 6.46. The molecule has 0 saturated carbocycles. The lowest BCUT2D eigenvalue weighted by atomic mass is 9.73. The van der Waals surface area contributed by atoms with E-state index in [1.54, 1.807) is 0 Å². The topological polar surface area (TPSA) is 331 Å². The van der Waals surface area contributed by atoms with Gasteiger partial charge in [0.05, 0.1) is 17.9 Å². The minimum Gasteiger partial charge on any atom is -0.508 e. The van der Waals surface area contributed by atoms with Crippen molar-refractivity contribution in [2.24, 2.45) is 0 Å². The number of benzene rings is 6. The summed E-state index contributed by atoms with van der Waals surface area (Å²) in [5.74, 6) is -11.5. The number of rotatable bonds is 5. The molecule has 9 rings (SSSR count). The molecule has 0 fully saturated rings. The van der Waals surface area contributed by atoms with Crippen molar-refractivity contribution in [2.45, 2.75) is 54.9 Å². The lowest BCUT2D eigenvalue weighted by Gasteiger charge is -2.43. The number of ether oxygens (including phenoxy) is 3. The minimum atomic E-state index is -1.90. The van der Waals surface area contributed by atoms with Crippen LogP contribution in [0.5, 0.6) is 86.2 Å². The van der Waals surface area contributed by atoms with E-state index >= 15 is 0 Å². The van der Waals surface area contributed by atoms with E-state index in [1.165, 1.54) is 18.2 Å². The molecule has 326 valence electrons. The summed E-state index contributed by atoms with van der Waals surface area (Å²) in [4.78, 5) is 0. The molecule has 63 heavy (non-hydrogen) atoms. The Kier molecular flexibility index (Phi) is 9.46. The first-order valence-electron chi connectivity index (χ1n) is 19.3. The van der Waals surface area contributed by atoms with Gasteiger partial charge in [0.2, 0.25) is 0 Å². The molecular weight excluding hydrogens is 828 g/mol. The van der Waals surface area contributed by atoms with Gasteiger partial charge in [-0.25, -0.2) is 0 Å². The molecule has 3 aliphatic heterocycles. The Morgan fingerprint density at radius 3 is 1.29 bits per heavy atom. The monoisotopic (exact) mass is 866 g/mol. The largest absolute Gasteiger partial charge is 0.508 e. The summed E-state index contributed by atoms with van der Waals surface area (Å²) in [5.41, 5.74) is -1.10. The highest BCUT2D eigenvalue weighted by atomic mass is 16.5. The molecule has 0 bridgehead atoms. The summed E-state index contributed by atoms with van der Waals surface area (Å²) in [6, 6.07) is 14.4. The molecule has 0 aliphatic carbocycles. The molecule has 0 saturated heterocycles. The van der Waals surface area contributed by atoms with E-state index in [2.05, 4.69) is 0 Å². The SMILES string of the molecule is Oc1cc(O)c2c(c1)O[C@H](c1ccc(O)c(O)c1)[C@H](O)[C@H]2c1c(O)cc(O)c2c1O[C@H](c1ccc(O)c(O)c1)[C@@H](O)[C@@H]2c1c(O)cc(O)c2c1O[C@H](c1ccc(O)c(O)c1)[C@H](O)C2. The van der Waals surface area contributed by atoms with E-state index in [-0.39, 0.29) is 62.4 Å². The van der Waals surface area contributed by atoms with Crippen LogP contribution in [0.2, 0.25) is 0 Å². The lowest BCUT2D eigenvalue weighted by molar-refractivity contribution is -0.00562. The number of phenols is 12. The quantitative estimate of drug-likeness (QED) is 0.106. The van der Waals surface area contributed by atoms with Crippen LogP contribution in [0.4, 0.5) is 0 Å². The van der Waals surface area contributed by atoms with Gasteiger partial charge in [-0.3, -0.25) is 0 Å². The average Bonchev–Trinajstić information content (AvgIpc) is 3.22. The van der Waals surface area contributed by atoms with Crippen molar-refractivity contribution >= 4 is 0 Å². The molecule has 0 aromatic heterocycles. The van der Waals surface area contributed by atoms with Crippen molar-refractivity contribution in [1.29, 1.82) is 0 Å². The Morgan fingerprint density at radius 2 is 0.778 bits per heavy atom. The molecule has 3 heterocycles. The third-order valence-corrected chi connectivity index (χ3v) is 11.8. The molecule has 0 amide bonds. The fourth-order valence-corrected chi connectivity index (χ4v) is 8.94. The predicted octanol–water partition coefficient (Wildman–Crippen LogP) is 4.44. The predicted molar refractivity (Wildman–Crippen MR) is 214 cm³/mol. The molecular formula is C45H38O18. The summed E-state index contributed by atoms with van der Waals surface area (Å²) in [6.07, 6.45) is -9.93. The van der Waals surface area contributed by atoms with Gasteiger partial charge in [0.25, 0.3) is 0 Å². The number of hydrogen-bond donors (Lipinski definition) is 15. The minimum absolute atomic E-state index is 0.0127. The molecule has 0 unspecified atom stereocenters. The van der Waals surface area contributed by atoms with Crippen LogP contribution < -0.4 is 14.2 Å². The second-order valence-corrected chi connectivity index (χ2v) is 15.7. The summed E-state index contributed by atoms with van der Waals surface area (Å²) in [6.45, 7) is 0. The number of aromatic hydroxyl groups is 12. The van der Waals surface area contributed by atoms with Gasteiger partial charge in [0.15, 0.2) is 46.7 Å². The van der Waals surface area contributed by atoms with E-state index in [4.69, 9.17) is 14.2 Å². The van der Waals surface area contributed by atoms with Gasteiger partial charge in [0.1, 0.15) is 70.1 Å². The highest BCUT2D eigenvalue weighted by Crippen LogP contribution is 2.62. The summed E-state index contributed by atoms with van der Waals surface area (Å²) in [7, 11) is 0. The molecule has 15 N–H and O–H groups in total. The third-order valence-electron chi connectivity index (χ3n) is 11.8. The van der Waals surface area contributed by atoms with Crippen molar-refractivity contribution in [3.63, 3.8) is 0 Å². The first-order valence-corrected chi connectivity index (χ1v) is 19.3. The number of phenolic OH excluding ortho intramolecular Hbond substituents is 12. The molecule has 18 nitrogen and oxygen atoms in total. The van der Waals surface area contributed by atoms with Crippen molar-refractivity contribution in [3.8, 4) is 86.2 Å². The number of hydrogen-bond acceptors (Lipinski definition) is 18. The maximum absolute atomic E-state index is 12.5. The maximum Gasteiger partial charge on any atom is 0.157 e. The van der Waals surface area contributed by atoms with Crippen LogP contribution in [0.15, 0.2) is 78.9 Å². The van der Waals surface area contributed by atoms with Gasteiger partial charge in [-0.15, -0.1) is 0 Å². The number of aliphatic hydroxyl groups excluding tert-OH is 3. The molecule has 6 aromatic rings. The molecule has 6 aromatic carbocycles. The van der Waals surface area contributed by atoms with E-state index in [9.17, 15) is 76.6 Å². The maximum atomic E-state index is 12.5. The van der Waals surface area contributed by atoms with Gasteiger partial charge in [0, 0.05) is 58.5 Å². The van der Waals surface area contributed by atoms with Crippen molar-refractivity contribution in [3.05, 3.63) is 123 Å². The Hall–Kier alpha value is -7.80.